The van der Waals surface area contributed by atoms with E-state index in [1.807, 2.05) is 0 Å². The van der Waals surface area contributed by atoms with Crippen LogP contribution in [0.3, 0.4) is 0 Å². The van der Waals surface area contributed by atoms with Gasteiger partial charge in [-0.2, -0.15) is 0 Å². The minimum Gasteiger partial charge on any atom is -0.396 e. The second-order valence-electron chi connectivity index (χ2n) is 3.55. The van der Waals surface area contributed by atoms with Gasteiger partial charge in [-0.05, 0) is 30.3 Å². The maximum absolute atomic E-state index is 12.9. The summed E-state index contributed by atoms with van der Waals surface area (Å²) in [5.74, 6) is -1.62. The molecule has 0 atom stereocenters. The summed E-state index contributed by atoms with van der Waals surface area (Å²) in [6, 6.07) is 6.17. The maximum atomic E-state index is 12.9. The smallest absolute Gasteiger partial charge is 0.274 e. The number of aromatic nitrogens is 1. The predicted octanol–water partition coefficient (Wildman–Crippen LogP) is 2.19. The first kappa shape index (κ1) is 12.0. The molecule has 0 aliphatic heterocycles. The van der Waals surface area contributed by atoms with Gasteiger partial charge in [0, 0.05) is 5.69 Å². The van der Waals surface area contributed by atoms with Crippen molar-refractivity contribution in [1.29, 1.82) is 0 Å². The van der Waals surface area contributed by atoms with Crippen LogP contribution in [-0.2, 0) is 0 Å². The highest BCUT2D eigenvalue weighted by molar-refractivity contribution is 6.02. The molecule has 0 spiro atoms. The molecule has 6 heteroatoms. The largest absolute Gasteiger partial charge is 0.396 e. The molecule has 0 bridgehead atoms. The van der Waals surface area contributed by atoms with Gasteiger partial charge in [0.1, 0.15) is 17.3 Å². The molecule has 18 heavy (non-hydrogen) atoms. The summed E-state index contributed by atoms with van der Waals surface area (Å²) in [5.41, 5.74) is 5.69. The number of pyridine rings is 1. The predicted molar refractivity (Wildman–Crippen MR) is 63.0 cm³/mol. The number of nitrogen functional groups attached to an aromatic ring is 1. The topological polar surface area (TPSA) is 68.0 Å². The second kappa shape index (κ2) is 4.79. The van der Waals surface area contributed by atoms with E-state index >= 15 is 0 Å². The summed E-state index contributed by atoms with van der Waals surface area (Å²) < 4.78 is 25.5. The Kier molecular flexibility index (Phi) is 3.18. The van der Waals surface area contributed by atoms with Crippen molar-refractivity contribution in [3.8, 4) is 0 Å². The Balaban J connectivity index is 2.16. The van der Waals surface area contributed by atoms with Gasteiger partial charge >= 0.3 is 0 Å². The van der Waals surface area contributed by atoms with Gasteiger partial charge in [0.05, 0.1) is 11.9 Å². The van der Waals surface area contributed by atoms with Gasteiger partial charge in [-0.25, -0.2) is 13.8 Å². The third kappa shape index (κ3) is 2.60. The van der Waals surface area contributed by atoms with Crippen molar-refractivity contribution in [3.05, 3.63) is 53.9 Å². The van der Waals surface area contributed by atoms with E-state index in [4.69, 9.17) is 5.73 Å². The van der Waals surface area contributed by atoms with E-state index in [-0.39, 0.29) is 11.4 Å². The number of halogens is 2. The van der Waals surface area contributed by atoms with Gasteiger partial charge in [0.25, 0.3) is 5.91 Å². The molecule has 4 nitrogen and oxygen atoms in total. The lowest BCUT2D eigenvalue weighted by Gasteiger charge is -2.05. The molecule has 1 heterocycles. The number of hydrogen-bond acceptors (Lipinski definition) is 3. The Hall–Kier alpha value is -2.50. The highest BCUT2D eigenvalue weighted by atomic mass is 19.1. The molecule has 0 aliphatic carbocycles. The summed E-state index contributed by atoms with van der Waals surface area (Å²) in [5, 5.41) is 2.48. The van der Waals surface area contributed by atoms with Crippen LogP contribution in [-0.4, -0.2) is 10.9 Å². The third-order valence-corrected chi connectivity index (χ3v) is 2.21. The van der Waals surface area contributed by atoms with Crippen LogP contribution in [0, 0.1) is 11.6 Å². The van der Waals surface area contributed by atoms with E-state index in [1.54, 1.807) is 0 Å². The van der Waals surface area contributed by atoms with Crippen LogP contribution in [0.1, 0.15) is 10.5 Å². The SMILES string of the molecule is Nc1cc(NC(=O)c2ccc(F)cn2)ccc1F. The van der Waals surface area contributed by atoms with E-state index in [1.165, 1.54) is 18.2 Å². The molecule has 0 fully saturated rings. The highest BCUT2D eigenvalue weighted by Crippen LogP contribution is 2.16. The van der Waals surface area contributed by atoms with E-state index in [2.05, 4.69) is 10.3 Å². The Morgan fingerprint density at radius 3 is 2.61 bits per heavy atom. The Morgan fingerprint density at radius 2 is 2.00 bits per heavy atom. The Labute approximate surface area is 101 Å². The summed E-state index contributed by atoms with van der Waals surface area (Å²) >= 11 is 0. The summed E-state index contributed by atoms with van der Waals surface area (Å²) in [4.78, 5) is 15.3. The zero-order valence-electron chi connectivity index (χ0n) is 9.15. The first-order valence-corrected chi connectivity index (χ1v) is 5.04. The van der Waals surface area contributed by atoms with Crippen LogP contribution in [0.2, 0.25) is 0 Å². The van der Waals surface area contributed by atoms with E-state index in [0.717, 1.165) is 18.3 Å². The molecule has 0 saturated carbocycles. The van der Waals surface area contributed by atoms with Gasteiger partial charge in [-0.15, -0.1) is 0 Å². The normalized spacial score (nSPS) is 10.1. The first-order valence-electron chi connectivity index (χ1n) is 5.04. The monoisotopic (exact) mass is 249 g/mol. The Morgan fingerprint density at radius 1 is 1.22 bits per heavy atom. The summed E-state index contributed by atoms with van der Waals surface area (Å²) in [6.45, 7) is 0. The van der Waals surface area contributed by atoms with Crippen molar-refractivity contribution in [3.63, 3.8) is 0 Å². The quantitative estimate of drug-likeness (QED) is 0.801. The number of nitrogens with zero attached hydrogens (tertiary/aromatic N) is 1. The van der Waals surface area contributed by atoms with Crippen molar-refractivity contribution in [2.24, 2.45) is 0 Å². The Bertz CT molecular complexity index is 584. The van der Waals surface area contributed by atoms with E-state index < -0.39 is 17.5 Å². The minimum absolute atomic E-state index is 0.0549. The molecule has 0 saturated heterocycles. The zero-order chi connectivity index (χ0) is 13.1. The standard InChI is InChI=1S/C12H9F2N3O/c13-7-1-4-11(16-6-7)12(18)17-8-2-3-9(14)10(15)5-8/h1-6H,15H2,(H,17,18). The van der Waals surface area contributed by atoms with Crippen molar-refractivity contribution < 1.29 is 13.6 Å². The maximum Gasteiger partial charge on any atom is 0.274 e. The van der Waals surface area contributed by atoms with Crippen molar-refractivity contribution in [1.82, 2.24) is 4.98 Å². The van der Waals surface area contributed by atoms with E-state index in [9.17, 15) is 13.6 Å². The van der Waals surface area contributed by atoms with Crippen LogP contribution in [0.5, 0.6) is 0 Å². The average molecular weight is 249 g/mol. The number of nitrogens with one attached hydrogen (secondary N) is 1. The van der Waals surface area contributed by atoms with Crippen LogP contribution in [0.25, 0.3) is 0 Å². The summed E-state index contributed by atoms with van der Waals surface area (Å²) in [7, 11) is 0. The van der Waals surface area contributed by atoms with Crippen LogP contribution >= 0.6 is 0 Å². The van der Waals surface area contributed by atoms with Gasteiger partial charge in [-0.1, -0.05) is 0 Å². The lowest BCUT2D eigenvalue weighted by molar-refractivity contribution is 0.102. The van der Waals surface area contributed by atoms with E-state index in [0.29, 0.717) is 5.69 Å². The third-order valence-electron chi connectivity index (χ3n) is 2.21. The van der Waals surface area contributed by atoms with Crippen molar-refractivity contribution in [2.75, 3.05) is 11.1 Å². The molecule has 1 aromatic carbocycles. The molecule has 0 aliphatic rings. The number of carbonyl (C=O) groups excluding carboxylic acids is 1. The molecule has 92 valence electrons. The fourth-order valence-electron chi connectivity index (χ4n) is 1.33. The van der Waals surface area contributed by atoms with Crippen molar-refractivity contribution >= 4 is 17.3 Å². The summed E-state index contributed by atoms with van der Waals surface area (Å²) in [6.07, 6.45) is 0.938. The molecule has 0 unspecified atom stereocenters. The number of rotatable bonds is 2. The molecule has 0 radical (unpaired) electrons. The van der Waals surface area contributed by atoms with Crippen LogP contribution in [0.15, 0.2) is 36.5 Å². The minimum atomic E-state index is -0.562. The van der Waals surface area contributed by atoms with Crippen molar-refractivity contribution in [2.45, 2.75) is 0 Å². The number of hydrogen-bond donors (Lipinski definition) is 2. The zero-order valence-corrected chi connectivity index (χ0v) is 9.15. The van der Waals surface area contributed by atoms with Gasteiger partial charge in [0.15, 0.2) is 0 Å². The van der Waals surface area contributed by atoms with Crippen LogP contribution < -0.4 is 11.1 Å². The second-order valence-corrected chi connectivity index (χ2v) is 3.55. The highest BCUT2D eigenvalue weighted by Gasteiger charge is 2.08. The average Bonchev–Trinajstić information content (AvgIpc) is 2.34. The number of carbonyl (C=O) groups is 1. The number of amides is 1. The number of anilines is 2. The number of benzene rings is 1. The number of nitrogens with two attached hydrogens (primary N) is 1. The molecule has 1 amide bonds. The van der Waals surface area contributed by atoms with Gasteiger partial charge in [-0.3, -0.25) is 4.79 Å². The molecule has 2 rings (SSSR count). The lowest BCUT2D eigenvalue weighted by atomic mass is 10.2. The molecule has 3 N–H and O–H groups in total. The fraction of sp³-hybridized carbons (Fsp3) is 0. The molecular weight excluding hydrogens is 240 g/mol. The van der Waals surface area contributed by atoms with Gasteiger partial charge in [0.2, 0.25) is 0 Å². The van der Waals surface area contributed by atoms with Gasteiger partial charge < -0.3 is 11.1 Å². The molecule has 1 aromatic heterocycles. The lowest BCUT2D eigenvalue weighted by Crippen LogP contribution is -2.13. The fourth-order valence-corrected chi connectivity index (χ4v) is 1.33. The molecule has 2 aromatic rings. The molecular formula is C12H9F2N3O. The first-order chi connectivity index (χ1) is 8.56. The van der Waals surface area contributed by atoms with Crippen LogP contribution in [0.4, 0.5) is 20.2 Å².